The first-order chi connectivity index (χ1) is 7.91. The maximum absolute atomic E-state index is 13.0. The summed E-state index contributed by atoms with van der Waals surface area (Å²) in [6, 6.07) is 3.78. The van der Waals surface area contributed by atoms with E-state index in [2.05, 4.69) is 0 Å². The molecule has 1 aliphatic rings. The van der Waals surface area contributed by atoms with Gasteiger partial charge in [0.05, 0.1) is 9.80 Å². The molecule has 2 rings (SSSR count). The molecule has 1 aromatic rings. The van der Waals surface area contributed by atoms with Crippen LogP contribution >= 0.6 is 11.8 Å². The Morgan fingerprint density at radius 2 is 2.06 bits per heavy atom. The number of thioether (sulfide) groups is 1. The van der Waals surface area contributed by atoms with Crippen molar-refractivity contribution >= 4 is 27.7 Å². The number of halogens is 1. The highest BCUT2D eigenvalue weighted by Gasteiger charge is 2.29. The van der Waals surface area contributed by atoms with Crippen LogP contribution in [0, 0.1) is 5.82 Å². The van der Waals surface area contributed by atoms with Gasteiger partial charge in [-0.3, -0.25) is 0 Å². The third-order valence-electron chi connectivity index (χ3n) is 2.48. The molecule has 17 heavy (non-hydrogen) atoms. The molecule has 0 amide bonds. The highest BCUT2D eigenvalue weighted by molar-refractivity contribution is 8.02. The molecule has 92 valence electrons. The van der Waals surface area contributed by atoms with Crippen LogP contribution in [0.5, 0.6) is 0 Å². The first-order valence-electron chi connectivity index (χ1n) is 5.28. The molecule has 1 aromatic carbocycles. The lowest BCUT2D eigenvalue weighted by Crippen LogP contribution is -2.04. The zero-order valence-corrected chi connectivity index (χ0v) is 11.2. The summed E-state index contributed by atoms with van der Waals surface area (Å²) in [5, 5.41) is 0.367. The van der Waals surface area contributed by atoms with Gasteiger partial charge in [-0.2, -0.15) is 11.8 Å². The normalized spacial score (nSPS) is 17.1. The van der Waals surface area contributed by atoms with Gasteiger partial charge >= 0.3 is 0 Å². The fraction of sp³-hybridized carbons (Fsp3) is 0.333. The third-order valence-corrected chi connectivity index (χ3v) is 5.71. The molecule has 0 atom stereocenters. The minimum Gasteiger partial charge on any atom is -0.219 e. The van der Waals surface area contributed by atoms with Crippen molar-refractivity contribution in [1.82, 2.24) is 0 Å². The Morgan fingerprint density at radius 3 is 2.71 bits per heavy atom. The van der Waals surface area contributed by atoms with E-state index in [0.29, 0.717) is 21.5 Å². The van der Waals surface area contributed by atoms with Gasteiger partial charge in [0.25, 0.3) is 0 Å². The second-order valence-electron chi connectivity index (χ2n) is 4.16. The average Bonchev–Trinajstić information content (AvgIpc) is 2.46. The number of hydrogen-bond donors (Lipinski definition) is 0. The van der Waals surface area contributed by atoms with Crippen LogP contribution in [0.15, 0.2) is 28.0 Å². The van der Waals surface area contributed by atoms with Crippen molar-refractivity contribution in [2.75, 3.05) is 5.75 Å². The zero-order chi connectivity index (χ0) is 12.6. The lowest BCUT2D eigenvalue weighted by atomic mass is 10.2. The van der Waals surface area contributed by atoms with Crippen LogP contribution in [-0.2, 0) is 9.84 Å². The summed E-state index contributed by atoms with van der Waals surface area (Å²) in [6.07, 6.45) is 1.57. The van der Waals surface area contributed by atoms with Crippen molar-refractivity contribution in [3.05, 3.63) is 34.5 Å². The van der Waals surface area contributed by atoms with E-state index in [0.717, 1.165) is 0 Å². The van der Waals surface area contributed by atoms with E-state index in [9.17, 15) is 12.8 Å². The van der Waals surface area contributed by atoms with Crippen LogP contribution in [0.2, 0.25) is 0 Å². The fourth-order valence-corrected chi connectivity index (χ4v) is 4.28. The summed E-state index contributed by atoms with van der Waals surface area (Å²) < 4.78 is 37.2. The molecule has 0 fully saturated rings. The predicted octanol–water partition coefficient (Wildman–Crippen LogP) is 3.10. The molecule has 0 radical (unpaired) electrons. The summed E-state index contributed by atoms with van der Waals surface area (Å²) in [5.74, 6) is 0.0315. The van der Waals surface area contributed by atoms with Gasteiger partial charge in [-0.1, -0.05) is 13.8 Å². The standard InChI is InChI=1S/C12H13FO2S2/c1-8(2)16-7-11-6-9-5-10(13)3-4-12(9)17(11,14)15/h3-6,8H,7H2,1-2H3. The molecule has 0 aliphatic carbocycles. The topological polar surface area (TPSA) is 34.1 Å². The van der Waals surface area contributed by atoms with Crippen LogP contribution in [-0.4, -0.2) is 19.4 Å². The van der Waals surface area contributed by atoms with Crippen LogP contribution < -0.4 is 0 Å². The van der Waals surface area contributed by atoms with Gasteiger partial charge in [0, 0.05) is 5.75 Å². The molecule has 0 bridgehead atoms. The number of fused-ring (bicyclic) bond motifs is 1. The Morgan fingerprint density at radius 1 is 1.35 bits per heavy atom. The van der Waals surface area contributed by atoms with Gasteiger partial charge in [-0.25, -0.2) is 12.8 Å². The highest BCUT2D eigenvalue weighted by Crippen LogP contribution is 2.35. The predicted molar refractivity (Wildman–Crippen MR) is 69.2 cm³/mol. The summed E-state index contributed by atoms with van der Waals surface area (Å²) in [4.78, 5) is 0.593. The molecule has 0 saturated carbocycles. The van der Waals surface area contributed by atoms with Gasteiger partial charge in [0.15, 0.2) is 0 Å². The van der Waals surface area contributed by atoms with Gasteiger partial charge in [0.1, 0.15) is 5.82 Å². The van der Waals surface area contributed by atoms with E-state index in [-0.39, 0.29) is 4.90 Å². The smallest absolute Gasteiger partial charge is 0.204 e. The Bertz CT molecular complexity index is 574. The molecule has 0 N–H and O–H groups in total. The minimum absolute atomic E-state index is 0.221. The van der Waals surface area contributed by atoms with E-state index >= 15 is 0 Å². The number of hydrogen-bond acceptors (Lipinski definition) is 3. The molecule has 0 unspecified atom stereocenters. The van der Waals surface area contributed by atoms with Crippen LogP contribution in [0.3, 0.4) is 0 Å². The van der Waals surface area contributed by atoms with Crippen molar-refractivity contribution in [3.63, 3.8) is 0 Å². The molecule has 0 aromatic heterocycles. The highest BCUT2D eigenvalue weighted by atomic mass is 32.2. The SMILES string of the molecule is CC(C)SCC1=Cc2cc(F)ccc2S1(=O)=O. The van der Waals surface area contributed by atoms with Gasteiger partial charge in [-0.15, -0.1) is 0 Å². The molecular formula is C12H13FO2S2. The largest absolute Gasteiger partial charge is 0.219 e. The maximum Gasteiger partial charge on any atom is 0.204 e. The summed E-state index contributed by atoms with van der Waals surface area (Å²) in [7, 11) is -3.39. The molecule has 2 nitrogen and oxygen atoms in total. The number of rotatable bonds is 3. The Hall–Kier alpha value is -0.810. The molecular weight excluding hydrogens is 259 g/mol. The third kappa shape index (κ3) is 2.40. The first-order valence-corrected chi connectivity index (χ1v) is 7.81. The Labute approximate surface area is 105 Å². The van der Waals surface area contributed by atoms with Gasteiger partial charge in [-0.05, 0) is 35.1 Å². The quantitative estimate of drug-likeness (QED) is 0.793. The van der Waals surface area contributed by atoms with Crippen molar-refractivity contribution in [2.45, 2.75) is 24.0 Å². The minimum atomic E-state index is -3.39. The van der Waals surface area contributed by atoms with Gasteiger partial charge < -0.3 is 0 Å². The first kappa shape index (κ1) is 12.6. The van der Waals surface area contributed by atoms with Crippen molar-refractivity contribution in [3.8, 4) is 0 Å². The average molecular weight is 272 g/mol. The van der Waals surface area contributed by atoms with Crippen molar-refractivity contribution < 1.29 is 12.8 Å². The Balaban J connectivity index is 2.37. The van der Waals surface area contributed by atoms with Crippen LogP contribution in [0.25, 0.3) is 6.08 Å². The lowest BCUT2D eigenvalue weighted by molar-refractivity contribution is 0.602. The fourth-order valence-electron chi connectivity index (χ4n) is 1.64. The van der Waals surface area contributed by atoms with Crippen molar-refractivity contribution in [2.24, 2.45) is 0 Å². The van der Waals surface area contributed by atoms with E-state index in [1.807, 2.05) is 13.8 Å². The molecule has 0 spiro atoms. The number of sulfone groups is 1. The molecule has 1 aliphatic heterocycles. The van der Waals surface area contributed by atoms with E-state index in [1.54, 1.807) is 17.8 Å². The molecule has 0 saturated heterocycles. The maximum atomic E-state index is 13.0. The van der Waals surface area contributed by atoms with Gasteiger partial charge in [0.2, 0.25) is 9.84 Å². The molecule has 5 heteroatoms. The monoisotopic (exact) mass is 272 g/mol. The van der Waals surface area contributed by atoms with E-state index < -0.39 is 15.7 Å². The van der Waals surface area contributed by atoms with E-state index in [4.69, 9.17) is 0 Å². The van der Waals surface area contributed by atoms with Crippen LogP contribution in [0.1, 0.15) is 19.4 Å². The second kappa shape index (κ2) is 4.46. The van der Waals surface area contributed by atoms with E-state index in [1.165, 1.54) is 18.2 Å². The summed E-state index contributed by atoms with van der Waals surface area (Å²) in [6.45, 7) is 4.03. The zero-order valence-electron chi connectivity index (χ0n) is 9.60. The second-order valence-corrected chi connectivity index (χ2v) is 7.69. The molecule has 1 heterocycles. The van der Waals surface area contributed by atoms with Crippen LogP contribution in [0.4, 0.5) is 4.39 Å². The Kier molecular flexibility index (Phi) is 3.32. The number of benzene rings is 1. The summed E-state index contributed by atoms with van der Waals surface area (Å²) >= 11 is 1.56. The van der Waals surface area contributed by atoms with Crippen molar-refractivity contribution in [1.29, 1.82) is 0 Å². The summed E-state index contributed by atoms with van der Waals surface area (Å²) in [5.41, 5.74) is 0.462. The lowest BCUT2D eigenvalue weighted by Gasteiger charge is -2.05.